The minimum atomic E-state index is -0.529. The number of carbonyl (C=O) groups excluding carboxylic acids is 3. The van der Waals surface area contributed by atoms with E-state index in [2.05, 4.69) is 15.7 Å². The smallest absolute Gasteiger partial charge is 0.337 e. The van der Waals surface area contributed by atoms with Crippen molar-refractivity contribution in [3.05, 3.63) is 46.8 Å². The summed E-state index contributed by atoms with van der Waals surface area (Å²) in [4.78, 5) is 36.2. The van der Waals surface area contributed by atoms with Crippen LogP contribution in [0, 0.1) is 12.8 Å². The number of methoxy groups -OCH3 is 1. The second kappa shape index (κ2) is 8.48. The van der Waals surface area contributed by atoms with Gasteiger partial charge in [-0.3, -0.25) is 14.3 Å². The molecule has 1 aromatic carbocycles. The van der Waals surface area contributed by atoms with Crippen LogP contribution in [0.3, 0.4) is 0 Å². The van der Waals surface area contributed by atoms with Crippen LogP contribution >= 0.6 is 0 Å². The molecule has 0 spiro atoms. The first-order chi connectivity index (χ1) is 12.7. The molecule has 0 aliphatic rings. The van der Waals surface area contributed by atoms with E-state index in [1.165, 1.54) is 17.9 Å². The van der Waals surface area contributed by atoms with Crippen LogP contribution in [0.1, 0.15) is 46.0 Å². The number of rotatable bonds is 6. The first-order valence-electron chi connectivity index (χ1n) is 8.53. The van der Waals surface area contributed by atoms with Gasteiger partial charge in [-0.05, 0) is 36.8 Å². The predicted octanol–water partition coefficient (Wildman–Crippen LogP) is 2.04. The van der Waals surface area contributed by atoms with Crippen molar-refractivity contribution in [1.82, 2.24) is 15.1 Å². The zero-order valence-corrected chi connectivity index (χ0v) is 16.1. The summed E-state index contributed by atoms with van der Waals surface area (Å²) in [5.41, 5.74) is 2.50. The Morgan fingerprint density at radius 3 is 2.44 bits per heavy atom. The highest BCUT2D eigenvalue weighted by atomic mass is 16.5. The molecule has 0 aliphatic heterocycles. The fraction of sp³-hybridized carbons (Fsp3) is 0.368. The summed E-state index contributed by atoms with van der Waals surface area (Å²) in [6.45, 7) is 5.61. The average molecular weight is 372 g/mol. The lowest BCUT2D eigenvalue weighted by Gasteiger charge is -2.12. The Hall–Kier alpha value is -3.16. The maximum atomic E-state index is 12.5. The Morgan fingerprint density at radius 2 is 1.89 bits per heavy atom. The molecule has 1 aromatic heterocycles. The Morgan fingerprint density at radius 1 is 1.19 bits per heavy atom. The summed E-state index contributed by atoms with van der Waals surface area (Å²) in [5.74, 6) is -1.13. The number of anilines is 1. The molecule has 27 heavy (non-hydrogen) atoms. The largest absolute Gasteiger partial charge is 0.465 e. The fourth-order valence-electron chi connectivity index (χ4n) is 2.51. The van der Waals surface area contributed by atoms with E-state index in [1.54, 1.807) is 46.0 Å². The summed E-state index contributed by atoms with van der Waals surface area (Å²) < 4.78 is 6.25. The van der Waals surface area contributed by atoms with E-state index in [1.807, 2.05) is 0 Å². The molecule has 8 heteroatoms. The molecule has 1 heterocycles. The van der Waals surface area contributed by atoms with Crippen molar-refractivity contribution in [3.63, 3.8) is 0 Å². The third kappa shape index (κ3) is 5.16. The molecule has 0 unspecified atom stereocenters. The molecular weight excluding hydrogens is 348 g/mol. The van der Waals surface area contributed by atoms with Gasteiger partial charge in [0.2, 0.25) is 5.91 Å². The van der Waals surface area contributed by atoms with Gasteiger partial charge in [-0.2, -0.15) is 5.10 Å². The third-order valence-electron chi connectivity index (χ3n) is 3.90. The zero-order valence-electron chi connectivity index (χ0n) is 16.1. The lowest BCUT2D eigenvalue weighted by atomic mass is 10.1. The summed E-state index contributed by atoms with van der Waals surface area (Å²) >= 11 is 0. The minimum Gasteiger partial charge on any atom is -0.465 e. The zero-order chi connectivity index (χ0) is 20.1. The van der Waals surface area contributed by atoms with Crippen molar-refractivity contribution in [2.75, 3.05) is 12.4 Å². The summed E-state index contributed by atoms with van der Waals surface area (Å²) in [6, 6.07) is 6.52. The van der Waals surface area contributed by atoms with Gasteiger partial charge in [0.05, 0.1) is 18.4 Å². The Balaban J connectivity index is 2.27. The van der Waals surface area contributed by atoms with Crippen molar-refractivity contribution in [3.8, 4) is 0 Å². The molecule has 2 amide bonds. The van der Waals surface area contributed by atoms with E-state index in [9.17, 15) is 14.4 Å². The van der Waals surface area contributed by atoms with E-state index in [0.29, 0.717) is 16.9 Å². The Bertz CT molecular complexity index is 871. The van der Waals surface area contributed by atoms with Crippen LogP contribution in [0.5, 0.6) is 0 Å². The first kappa shape index (κ1) is 20.2. The van der Waals surface area contributed by atoms with Crippen LogP contribution < -0.4 is 10.6 Å². The average Bonchev–Trinajstić information content (AvgIpc) is 2.96. The molecule has 0 aliphatic carbocycles. The van der Waals surface area contributed by atoms with Crippen molar-refractivity contribution in [1.29, 1.82) is 0 Å². The molecule has 0 saturated heterocycles. The summed E-state index contributed by atoms with van der Waals surface area (Å²) in [5, 5.41) is 9.70. The number of esters is 1. The maximum absolute atomic E-state index is 12.5. The van der Waals surface area contributed by atoms with Gasteiger partial charge in [0.15, 0.2) is 0 Å². The lowest BCUT2D eigenvalue weighted by molar-refractivity contribution is -0.124. The quantitative estimate of drug-likeness (QED) is 0.756. The van der Waals surface area contributed by atoms with Crippen LogP contribution in [0.2, 0.25) is 0 Å². The normalized spacial score (nSPS) is 10.6. The molecule has 0 bridgehead atoms. The van der Waals surface area contributed by atoms with E-state index in [-0.39, 0.29) is 29.8 Å². The van der Waals surface area contributed by atoms with Crippen molar-refractivity contribution in [2.24, 2.45) is 13.0 Å². The number of carbonyl (C=O) groups is 3. The lowest BCUT2D eigenvalue weighted by Crippen LogP contribution is -2.27. The molecule has 144 valence electrons. The standard InChI is InChI=1S/C19H24N4O4/c1-11(2)17(24)20-10-13-7-14(19(26)27-5)9-15(8-13)21-18(25)16-6-12(3)22-23(16)4/h6-9,11H,10H2,1-5H3,(H,20,24)(H,21,25). The third-order valence-corrected chi connectivity index (χ3v) is 3.90. The number of hydrogen-bond acceptors (Lipinski definition) is 5. The van der Waals surface area contributed by atoms with E-state index in [4.69, 9.17) is 4.74 Å². The van der Waals surface area contributed by atoms with E-state index >= 15 is 0 Å². The minimum absolute atomic E-state index is 0.102. The van der Waals surface area contributed by atoms with Gasteiger partial charge in [-0.25, -0.2) is 4.79 Å². The number of amides is 2. The summed E-state index contributed by atoms with van der Waals surface area (Å²) in [6.07, 6.45) is 0. The molecule has 0 radical (unpaired) electrons. The monoisotopic (exact) mass is 372 g/mol. The van der Waals surface area contributed by atoms with Gasteiger partial charge in [0.1, 0.15) is 5.69 Å². The van der Waals surface area contributed by atoms with Gasteiger partial charge in [-0.1, -0.05) is 13.8 Å². The van der Waals surface area contributed by atoms with Gasteiger partial charge in [-0.15, -0.1) is 0 Å². The topological polar surface area (TPSA) is 102 Å². The van der Waals surface area contributed by atoms with Gasteiger partial charge < -0.3 is 15.4 Å². The fourth-order valence-corrected chi connectivity index (χ4v) is 2.51. The van der Waals surface area contributed by atoms with E-state index < -0.39 is 5.97 Å². The maximum Gasteiger partial charge on any atom is 0.337 e. The molecule has 2 N–H and O–H groups in total. The second-order valence-electron chi connectivity index (χ2n) is 6.53. The van der Waals surface area contributed by atoms with Gasteiger partial charge in [0, 0.05) is 25.2 Å². The Labute approximate surface area is 157 Å². The molecular formula is C19H24N4O4. The van der Waals surface area contributed by atoms with Crippen LogP contribution in [0.15, 0.2) is 24.3 Å². The highest BCUT2D eigenvalue weighted by molar-refractivity contribution is 6.04. The van der Waals surface area contributed by atoms with Crippen LogP contribution in [-0.4, -0.2) is 34.7 Å². The molecule has 2 aromatic rings. The highest BCUT2D eigenvalue weighted by Gasteiger charge is 2.15. The number of nitrogens with zero attached hydrogens (tertiary/aromatic N) is 2. The molecule has 0 saturated carbocycles. The number of ether oxygens (including phenoxy) is 1. The highest BCUT2D eigenvalue weighted by Crippen LogP contribution is 2.18. The van der Waals surface area contributed by atoms with Crippen molar-refractivity contribution >= 4 is 23.5 Å². The number of aryl methyl sites for hydroxylation is 2. The van der Waals surface area contributed by atoms with E-state index in [0.717, 1.165) is 5.69 Å². The van der Waals surface area contributed by atoms with Crippen molar-refractivity contribution in [2.45, 2.75) is 27.3 Å². The SMILES string of the molecule is COC(=O)c1cc(CNC(=O)C(C)C)cc(NC(=O)c2cc(C)nn2C)c1. The second-order valence-corrected chi connectivity index (χ2v) is 6.53. The van der Waals surface area contributed by atoms with Gasteiger partial charge >= 0.3 is 5.97 Å². The van der Waals surface area contributed by atoms with Crippen molar-refractivity contribution < 1.29 is 19.1 Å². The predicted molar refractivity (Wildman–Crippen MR) is 100 cm³/mol. The Kier molecular flexibility index (Phi) is 6.33. The summed E-state index contributed by atoms with van der Waals surface area (Å²) in [7, 11) is 2.96. The van der Waals surface area contributed by atoms with Crippen LogP contribution in [-0.2, 0) is 23.1 Å². The van der Waals surface area contributed by atoms with Crippen LogP contribution in [0.25, 0.3) is 0 Å². The molecule has 0 fully saturated rings. The number of benzene rings is 1. The number of aromatic nitrogens is 2. The molecule has 8 nitrogen and oxygen atoms in total. The van der Waals surface area contributed by atoms with Crippen LogP contribution in [0.4, 0.5) is 5.69 Å². The number of hydrogen-bond donors (Lipinski definition) is 2. The molecule has 2 rings (SSSR count). The molecule has 0 atom stereocenters. The number of nitrogens with one attached hydrogen (secondary N) is 2. The first-order valence-corrected chi connectivity index (χ1v) is 8.53. The van der Waals surface area contributed by atoms with Gasteiger partial charge in [0.25, 0.3) is 5.91 Å².